The Morgan fingerprint density at radius 3 is 2.80 bits per heavy atom. The largest absolute Gasteiger partial charge is 0.380 e. The molecule has 1 heterocycles. The fourth-order valence-corrected chi connectivity index (χ4v) is 2.60. The zero-order valence-corrected chi connectivity index (χ0v) is 12.1. The molecular weight excluding hydrogens is 291 g/mol. The van der Waals surface area contributed by atoms with Gasteiger partial charge in [-0.15, -0.1) is 0 Å². The first-order chi connectivity index (χ1) is 9.74. The van der Waals surface area contributed by atoms with Gasteiger partial charge >= 0.3 is 0 Å². The molecule has 0 amide bonds. The summed E-state index contributed by atoms with van der Waals surface area (Å²) in [5, 5.41) is 6.97. The maximum absolute atomic E-state index is 6.18. The minimum absolute atomic E-state index is 0.643. The second kappa shape index (κ2) is 5.70. The summed E-state index contributed by atoms with van der Waals surface area (Å²) < 4.78 is 0. The lowest BCUT2D eigenvalue weighted by molar-refractivity contribution is 1.15. The van der Waals surface area contributed by atoms with E-state index in [1.54, 1.807) is 12.3 Å². The van der Waals surface area contributed by atoms with Crippen LogP contribution in [0.1, 0.15) is 5.56 Å². The van der Waals surface area contributed by atoms with Gasteiger partial charge in [0.15, 0.2) is 0 Å². The molecule has 100 valence electrons. The zero-order valence-electron chi connectivity index (χ0n) is 10.6. The van der Waals surface area contributed by atoms with Crippen molar-refractivity contribution >= 4 is 39.7 Å². The molecule has 1 N–H and O–H groups in total. The third-order valence-corrected chi connectivity index (χ3v) is 3.75. The van der Waals surface area contributed by atoms with E-state index in [1.165, 1.54) is 0 Å². The Bertz CT molecular complexity index is 751. The standard InChI is InChI=1S/C16H12Cl2N2/c17-13-5-4-12(15(18)8-13)9-20-16-3-1-2-11-6-7-19-10-14(11)16/h1-8,10,20H,9H2. The molecule has 0 atom stereocenters. The Labute approximate surface area is 127 Å². The van der Waals surface area contributed by atoms with E-state index in [-0.39, 0.29) is 0 Å². The van der Waals surface area contributed by atoms with Gasteiger partial charge < -0.3 is 5.32 Å². The summed E-state index contributed by atoms with van der Waals surface area (Å²) in [5.41, 5.74) is 2.05. The Morgan fingerprint density at radius 2 is 1.95 bits per heavy atom. The molecular formula is C16H12Cl2N2. The third kappa shape index (κ3) is 2.72. The Kier molecular flexibility index (Phi) is 3.77. The summed E-state index contributed by atoms with van der Waals surface area (Å²) >= 11 is 12.1. The number of anilines is 1. The molecule has 2 nitrogen and oxygen atoms in total. The van der Waals surface area contributed by atoms with Gasteiger partial charge in [0.2, 0.25) is 0 Å². The van der Waals surface area contributed by atoms with E-state index in [0.717, 1.165) is 22.0 Å². The second-order valence-corrected chi connectivity index (χ2v) is 5.34. The molecule has 0 saturated carbocycles. The fourth-order valence-electron chi connectivity index (χ4n) is 2.12. The van der Waals surface area contributed by atoms with Gasteiger partial charge in [-0.3, -0.25) is 4.98 Å². The van der Waals surface area contributed by atoms with E-state index in [9.17, 15) is 0 Å². The summed E-state index contributed by atoms with van der Waals surface area (Å²) in [4.78, 5) is 4.17. The van der Waals surface area contributed by atoms with Crippen LogP contribution in [0.4, 0.5) is 5.69 Å². The van der Waals surface area contributed by atoms with Crippen LogP contribution in [0.25, 0.3) is 10.8 Å². The van der Waals surface area contributed by atoms with E-state index in [1.807, 2.05) is 36.5 Å². The maximum Gasteiger partial charge on any atom is 0.0470 e. The lowest BCUT2D eigenvalue weighted by Crippen LogP contribution is -2.00. The van der Waals surface area contributed by atoms with Crippen LogP contribution in [-0.4, -0.2) is 4.98 Å². The molecule has 0 saturated heterocycles. The maximum atomic E-state index is 6.18. The average molecular weight is 303 g/mol. The van der Waals surface area contributed by atoms with Crippen LogP contribution in [0, 0.1) is 0 Å². The molecule has 3 rings (SSSR count). The molecule has 0 unspecified atom stereocenters. The van der Waals surface area contributed by atoms with Crippen LogP contribution >= 0.6 is 23.2 Å². The molecule has 0 spiro atoms. The highest BCUT2D eigenvalue weighted by molar-refractivity contribution is 6.35. The van der Waals surface area contributed by atoms with Gasteiger partial charge in [-0.25, -0.2) is 0 Å². The van der Waals surface area contributed by atoms with Crippen molar-refractivity contribution in [3.8, 4) is 0 Å². The highest BCUT2D eigenvalue weighted by Gasteiger charge is 2.03. The number of halogens is 2. The van der Waals surface area contributed by atoms with Gasteiger partial charge in [0.25, 0.3) is 0 Å². The number of aromatic nitrogens is 1. The predicted molar refractivity (Wildman–Crippen MR) is 85.5 cm³/mol. The van der Waals surface area contributed by atoms with Crippen LogP contribution in [-0.2, 0) is 6.54 Å². The first kappa shape index (κ1) is 13.2. The van der Waals surface area contributed by atoms with E-state index in [2.05, 4.69) is 16.4 Å². The fraction of sp³-hybridized carbons (Fsp3) is 0.0625. The van der Waals surface area contributed by atoms with Crippen molar-refractivity contribution in [2.75, 3.05) is 5.32 Å². The van der Waals surface area contributed by atoms with Crippen molar-refractivity contribution in [2.24, 2.45) is 0 Å². The van der Waals surface area contributed by atoms with Crippen LogP contribution in [0.3, 0.4) is 0 Å². The van der Waals surface area contributed by atoms with Crippen molar-refractivity contribution in [1.82, 2.24) is 4.98 Å². The van der Waals surface area contributed by atoms with E-state index < -0.39 is 0 Å². The molecule has 0 aliphatic carbocycles. The summed E-state index contributed by atoms with van der Waals surface area (Å²) in [7, 11) is 0. The number of hydrogen-bond donors (Lipinski definition) is 1. The number of nitrogens with zero attached hydrogens (tertiary/aromatic N) is 1. The first-order valence-corrected chi connectivity index (χ1v) is 7.00. The van der Waals surface area contributed by atoms with Gasteiger partial charge in [0.1, 0.15) is 0 Å². The Morgan fingerprint density at radius 1 is 1.05 bits per heavy atom. The first-order valence-electron chi connectivity index (χ1n) is 6.24. The van der Waals surface area contributed by atoms with Gasteiger partial charge in [0.05, 0.1) is 0 Å². The second-order valence-electron chi connectivity index (χ2n) is 4.49. The van der Waals surface area contributed by atoms with Crippen molar-refractivity contribution in [3.05, 3.63) is 70.5 Å². The summed E-state index contributed by atoms with van der Waals surface area (Å²) in [6.45, 7) is 0.643. The van der Waals surface area contributed by atoms with Crippen molar-refractivity contribution in [3.63, 3.8) is 0 Å². The normalized spacial score (nSPS) is 10.7. The summed E-state index contributed by atoms with van der Waals surface area (Å²) in [6, 6.07) is 13.6. The number of hydrogen-bond acceptors (Lipinski definition) is 2. The average Bonchev–Trinajstić information content (AvgIpc) is 2.46. The lowest BCUT2D eigenvalue weighted by atomic mass is 10.1. The summed E-state index contributed by atoms with van der Waals surface area (Å²) in [6.07, 6.45) is 3.66. The molecule has 3 aromatic rings. The van der Waals surface area contributed by atoms with Crippen LogP contribution in [0.5, 0.6) is 0 Å². The van der Waals surface area contributed by atoms with Gasteiger partial charge in [-0.05, 0) is 35.2 Å². The number of benzene rings is 2. The van der Waals surface area contributed by atoms with Crippen LogP contribution < -0.4 is 5.32 Å². The predicted octanol–water partition coefficient (Wildman–Crippen LogP) is 5.15. The van der Waals surface area contributed by atoms with Gasteiger partial charge in [0, 0.05) is 40.1 Å². The monoisotopic (exact) mass is 302 g/mol. The highest BCUT2D eigenvalue weighted by Crippen LogP contribution is 2.25. The smallest absolute Gasteiger partial charge is 0.0470 e. The van der Waals surface area contributed by atoms with Gasteiger partial charge in [-0.1, -0.05) is 41.4 Å². The molecule has 1 aromatic heterocycles. The van der Waals surface area contributed by atoms with Gasteiger partial charge in [-0.2, -0.15) is 0 Å². The molecule has 0 fully saturated rings. The number of fused-ring (bicyclic) bond motifs is 1. The van der Waals surface area contributed by atoms with Crippen LogP contribution in [0.2, 0.25) is 10.0 Å². The molecule has 0 bridgehead atoms. The van der Waals surface area contributed by atoms with Crippen molar-refractivity contribution in [2.45, 2.75) is 6.54 Å². The molecule has 4 heteroatoms. The quantitative estimate of drug-likeness (QED) is 0.723. The number of nitrogens with one attached hydrogen (secondary N) is 1. The SMILES string of the molecule is Clc1ccc(CNc2cccc3ccncc23)c(Cl)c1. The Hall–Kier alpha value is -1.77. The zero-order chi connectivity index (χ0) is 13.9. The summed E-state index contributed by atoms with van der Waals surface area (Å²) in [5.74, 6) is 0. The van der Waals surface area contributed by atoms with E-state index in [4.69, 9.17) is 23.2 Å². The number of pyridine rings is 1. The van der Waals surface area contributed by atoms with E-state index >= 15 is 0 Å². The molecule has 2 aromatic carbocycles. The van der Waals surface area contributed by atoms with E-state index in [0.29, 0.717) is 16.6 Å². The molecule has 20 heavy (non-hydrogen) atoms. The van der Waals surface area contributed by atoms with Crippen molar-refractivity contribution < 1.29 is 0 Å². The Balaban J connectivity index is 1.87. The molecule has 0 radical (unpaired) electrons. The molecule has 0 aliphatic heterocycles. The lowest BCUT2D eigenvalue weighted by Gasteiger charge is -2.10. The van der Waals surface area contributed by atoms with Crippen molar-refractivity contribution in [1.29, 1.82) is 0 Å². The number of rotatable bonds is 3. The van der Waals surface area contributed by atoms with Crippen LogP contribution in [0.15, 0.2) is 54.9 Å². The topological polar surface area (TPSA) is 24.9 Å². The minimum atomic E-state index is 0.643. The third-order valence-electron chi connectivity index (χ3n) is 3.17. The molecule has 0 aliphatic rings. The highest BCUT2D eigenvalue weighted by atomic mass is 35.5. The minimum Gasteiger partial charge on any atom is -0.380 e.